The standard InChI is InChI=1S/C8H20GeO2Si/c1-9(2,3)7-8(10)11-12(4,5)6/h7H2,1-6H3. The SMILES string of the molecule is C[Si](C)(C)OC(=O)[CH2][Ge]([CH3])([CH3])[CH3]. The van der Waals surface area contributed by atoms with Gasteiger partial charge in [0.1, 0.15) is 0 Å². The predicted molar refractivity (Wildman–Crippen MR) is 57.6 cm³/mol. The average molecular weight is 249 g/mol. The van der Waals surface area contributed by atoms with Crippen molar-refractivity contribution in [3.63, 3.8) is 0 Å². The second-order valence-corrected chi connectivity index (χ2v) is 21.2. The first-order valence-corrected chi connectivity index (χ1v) is 15.5. The van der Waals surface area contributed by atoms with Crippen LogP contribution < -0.4 is 0 Å². The molecule has 0 heterocycles. The molecular formula is C8H20GeO2Si. The van der Waals surface area contributed by atoms with Crippen LogP contribution in [0.2, 0.25) is 42.2 Å². The van der Waals surface area contributed by atoms with E-state index >= 15 is 0 Å². The molecule has 0 bridgehead atoms. The molecule has 0 aromatic carbocycles. The van der Waals surface area contributed by atoms with E-state index in [1.165, 1.54) is 0 Å². The van der Waals surface area contributed by atoms with Gasteiger partial charge in [-0.2, -0.15) is 0 Å². The second-order valence-electron chi connectivity index (χ2n) is 5.32. The first kappa shape index (κ1) is 12.2. The summed E-state index contributed by atoms with van der Waals surface area (Å²) in [5.41, 5.74) is 0. The molecule has 0 N–H and O–H groups in total. The first-order chi connectivity index (χ1) is 5.10. The van der Waals surface area contributed by atoms with Crippen LogP contribution in [0.5, 0.6) is 0 Å². The van der Waals surface area contributed by atoms with E-state index in [9.17, 15) is 4.79 Å². The van der Waals surface area contributed by atoms with E-state index in [2.05, 4.69) is 17.3 Å². The number of carbonyl (C=O) groups excluding carboxylic acids is 1. The first-order valence-electron chi connectivity index (χ1n) is 4.32. The molecule has 0 aliphatic heterocycles. The molecule has 0 saturated carbocycles. The van der Waals surface area contributed by atoms with Crippen molar-refractivity contribution in [2.45, 2.75) is 42.2 Å². The van der Waals surface area contributed by atoms with Crippen LogP contribution in [0.4, 0.5) is 0 Å². The summed E-state index contributed by atoms with van der Waals surface area (Å²) in [6, 6.07) is 0. The molecule has 0 aromatic rings. The predicted octanol–water partition coefficient (Wildman–Crippen LogP) is 2.70. The zero-order valence-corrected chi connectivity index (χ0v) is 12.1. The molecule has 72 valence electrons. The molecule has 0 saturated heterocycles. The Morgan fingerprint density at radius 2 is 1.67 bits per heavy atom. The maximum absolute atomic E-state index is 11.3. The monoisotopic (exact) mass is 250 g/mol. The maximum atomic E-state index is 11.3. The number of hydrogen-bond acceptors (Lipinski definition) is 2. The fourth-order valence-corrected chi connectivity index (χ4v) is 3.84. The summed E-state index contributed by atoms with van der Waals surface area (Å²) in [6.07, 6.45) is 0. The molecule has 0 aromatic heterocycles. The van der Waals surface area contributed by atoms with Crippen molar-refractivity contribution >= 4 is 27.6 Å². The molecule has 4 heteroatoms. The molecule has 0 unspecified atom stereocenters. The molecule has 12 heavy (non-hydrogen) atoms. The Hall–Kier alpha value is 0.230. The zero-order chi connectivity index (χ0) is 9.99. The van der Waals surface area contributed by atoms with Crippen LogP contribution in [0.15, 0.2) is 0 Å². The van der Waals surface area contributed by atoms with Gasteiger partial charge in [-0.25, -0.2) is 0 Å². The summed E-state index contributed by atoms with van der Waals surface area (Å²) >= 11 is -1.73. The van der Waals surface area contributed by atoms with Crippen LogP contribution in [0.3, 0.4) is 0 Å². The van der Waals surface area contributed by atoms with E-state index in [1.54, 1.807) is 0 Å². The Morgan fingerprint density at radius 3 is 1.92 bits per heavy atom. The molecule has 2 nitrogen and oxygen atoms in total. The van der Waals surface area contributed by atoms with Crippen LogP contribution >= 0.6 is 0 Å². The van der Waals surface area contributed by atoms with Gasteiger partial charge in [-0.15, -0.1) is 0 Å². The fraction of sp³-hybridized carbons (Fsp3) is 0.875. The van der Waals surface area contributed by atoms with Gasteiger partial charge in [0.2, 0.25) is 0 Å². The zero-order valence-electron chi connectivity index (χ0n) is 9.02. The van der Waals surface area contributed by atoms with Gasteiger partial charge < -0.3 is 0 Å². The molecule has 0 aliphatic rings. The summed E-state index contributed by atoms with van der Waals surface area (Å²) in [6.45, 7) is 6.13. The molecule has 0 fully saturated rings. The summed E-state index contributed by atoms with van der Waals surface area (Å²) in [7, 11) is -1.64. The third-order valence-corrected chi connectivity index (χ3v) is 4.77. The van der Waals surface area contributed by atoms with E-state index in [1.807, 2.05) is 19.6 Å². The van der Waals surface area contributed by atoms with Crippen molar-refractivity contribution in [3.8, 4) is 0 Å². The Labute approximate surface area is 79.2 Å². The van der Waals surface area contributed by atoms with Gasteiger partial charge in [-0.3, -0.25) is 0 Å². The topological polar surface area (TPSA) is 26.3 Å². The van der Waals surface area contributed by atoms with Gasteiger partial charge in [0.05, 0.1) is 0 Å². The van der Waals surface area contributed by atoms with Crippen molar-refractivity contribution in [2.75, 3.05) is 0 Å². The summed E-state index contributed by atoms with van der Waals surface area (Å²) in [5.74, 6) is 6.71. The second kappa shape index (κ2) is 3.96. The van der Waals surface area contributed by atoms with Crippen molar-refractivity contribution in [1.29, 1.82) is 0 Å². The minimum absolute atomic E-state index is 0.0293. The van der Waals surface area contributed by atoms with E-state index in [0.29, 0.717) is 5.25 Å². The van der Waals surface area contributed by atoms with Crippen molar-refractivity contribution < 1.29 is 9.22 Å². The van der Waals surface area contributed by atoms with Gasteiger partial charge in [0.25, 0.3) is 0 Å². The summed E-state index contributed by atoms with van der Waals surface area (Å²) in [5, 5.41) is 0.699. The Balaban J connectivity index is 3.92. The molecule has 0 radical (unpaired) electrons. The molecule has 0 rings (SSSR count). The Kier molecular flexibility index (Phi) is 4.03. The third-order valence-electron chi connectivity index (χ3n) is 1.09. The number of rotatable bonds is 3. The van der Waals surface area contributed by atoms with Gasteiger partial charge in [0.15, 0.2) is 0 Å². The molecule has 0 amide bonds. The van der Waals surface area contributed by atoms with E-state index < -0.39 is 21.6 Å². The van der Waals surface area contributed by atoms with Gasteiger partial charge >= 0.3 is 78.9 Å². The molecule has 0 spiro atoms. The number of carbonyl (C=O) groups is 1. The fourth-order valence-electron chi connectivity index (χ4n) is 0.811. The normalized spacial score (nSPS) is 12.8. The molecule has 0 atom stereocenters. The van der Waals surface area contributed by atoms with Crippen molar-refractivity contribution in [1.82, 2.24) is 0 Å². The Morgan fingerprint density at radius 1 is 1.25 bits per heavy atom. The summed E-state index contributed by atoms with van der Waals surface area (Å²) in [4.78, 5) is 11.3. The van der Waals surface area contributed by atoms with Gasteiger partial charge in [-0.1, -0.05) is 0 Å². The van der Waals surface area contributed by atoms with Crippen LogP contribution in [0, 0.1) is 0 Å². The van der Waals surface area contributed by atoms with Crippen LogP contribution in [0.25, 0.3) is 0 Å². The summed E-state index contributed by atoms with van der Waals surface area (Å²) < 4.78 is 5.36. The van der Waals surface area contributed by atoms with Crippen LogP contribution in [-0.4, -0.2) is 27.6 Å². The van der Waals surface area contributed by atoms with Crippen molar-refractivity contribution in [2.24, 2.45) is 0 Å². The quantitative estimate of drug-likeness (QED) is 0.718. The van der Waals surface area contributed by atoms with Gasteiger partial charge in [0, 0.05) is 0 Å². The number of hydrogen-bond donors (Lipinski definition) is 0. The molecular weight excluding hydrogens is 229 g/mol. The van der Waals surface area contributed by atoms with E-state index in [-0.39, 0.29) is 5.97 Å². The minimum atomic E-state index is -1.73. The van der Waals surface area contributed by atoms with Crippen LogP contribution in [-0.2, 0) is 9.22 Å². The van der Waals surface area contributed by atoms with E-state index in [0.717, 1.165) is 0 Å². The van der Waals surface area contributed by atoms with Crippen molar-refractivity contribution in [3.05, 3.63) is 0 Å². The van der Waals surface area contributed by atoms with Crippen LogP contribution in [0.1, 0.15) is 0 Å². The Bertz CT molecular complexity index is 149. The third kappa shape index (κ3) is 8.33. The average Bonchev–Trinajstić information content (AvgIpc) is 1.49. The molecule has 0 aliphatic carbocycles. The van der Waals surface area contributed by atoms with E-state index in [4.69, 9.17) is 4.43 Å². The van der Waals surface area contributed by atoms with Gasteiger partial charge in [-0.05, 0) is 0 Å².